The fraction of sp³-hybridized carbons (Fsp3) is 0.276. The maximum Gasteiger partial charge on any atom is 0.306 e. The SMILES string of the molecule is COC(=O)CC(c1ccc2c(cnn2C)c1)c1cccc2c1CCN(C(=O)c1ccc(OC)cc1)C2. The molecule has 1 atom stereocenters. The maximum absolute atomic E-state index is 13.2. The molecule has 1 unspecified atom stereocenters. The lowest BCUT2D eigenvalue weighted by Gasteiger charge is -2.32. The van der Waals surface area contributed by atoms with Gasteiger partial charge >= 0.3 is 5.97 Å². The van der Waals surface area contributed by atoms with Crippen molar-refractivity contribution in [1.29, 1.82) is 0 Å². The van der Waals surface area contributed by atoms with Crippen molar-refractivity contribution in [3.8, 4) is 5.75 Å². The van der Waals surface area contributed by atoms with Crippen LogP contribution in [0.15, 0.2) is 66.9 Å². The van der Waals surface area contributed by atoms with Crippen LogP contribution in [0.1, 0.15) is 45.0 Å². The molecule has 3 aromatic carbocycles. The minimum Gasteiger partial charge on any atom is -0.497 e. The summed E-state index contributed by atoms with van der Waals surface area (Å²) in [5.41, 5.74) is 6.15. The van der Waals surface area contributed by atoms with Crippen molar-refractivity contribution in [2.75, 3.05) is 20.8 Å². The summed E-state index contributed by atoms with van der Waals surface area (Å²) in [5, 5.41) is 5.39. The third kappa shape index (κ3) is 4.44. The number of aromatic nitrogens is 2. The first kappa shape index (κ1) is 23.6. The number of amides is 1. The molecule has 0 fully saturated rings. The van der Waals surface area contributed by atoms with Gasteiger partial charge < -0.3 is 14.4 Å². The molecule has 5 rings (SSSR count). The van der Waals surface area contributed by atoms with Crippen LogP contribution in [0.3, 0.4) is 0 Å². The van der Waals surface area contributed by atoms with E-state index in [1.165, 1.54) is 12.7 Å². The monoisotopic (exact) mass is 483 g/mol. The maximum atomic E-state index is 13.2. The highest BCUT2D eigenvalue weighted by Crippen LogP contribution is 2.36. The molecule has 0 spiro atoms. The van der Waals surface area contributed by atoms with E-state index in [0.29, 0.717) is 18.7 Å². The van der Waals surface area contributed by atoms with Crippen LogP contribution >= 0.6 is 0 Å². The average Bonchev–Trinajstić information content (AvgIpc) is 3.30. The van der Waals surface area contributed by atoms with Crippen molar-refractivity contribution in [2.24, 2.45) is 7.05 Å². The number of hydrogen-bond acceptors (Lipinski definition) is 5. The van der Waals surface area contributed by atoms with E-state index in [-0.39, 0.29) is 24.2 Å². The van der Waals surface area contributed by atoms with Gasteiger partial charge in [-0.2, -0.15) is 5.10 Å². The molecule has 36 heavy (non-hydrogen) atoms. The molecule has 0 aliphatic carbocycles. The van der Waals surface area contributed by atoms with E-state index in [1.807, 2.05) is 35.0 Å². The molecule has 184 valence electrons. The van der Waals surface area contributed by atoms with Crippen molar-refractivity contribution in [3.05, 3.63) is 94.7 Å². The molecule has 0 radical (unpaired) electrons. The van der Waals surface area contributed by atoms with E-state index < -0.39 is 0 Å². The van der Waals surface area contributed by atoms with E-state index in [2.05, 4.69) is 29.4 Å². The Morgan fingerprint density at radius 2 is 1.86 bits per heavy atom. The molecule has 0 N–H and O–H groups in total. The first-order valence-corrected chi connectivity index (χ1v) is 12.0. The van der Waals surface area contributed by atoms with Gasteiger partial charge in [0.25, 0.3) is 5.91 Å². The first-order chi connectivity index (χ1) is 17.5. The van der Waals surface area contributed by atoms with Crippen molar-refractivity contribution >= 4 is 22.8 Å². The molecule has 7 heteroatoms. The number of aryl methyl sites for hydroxylation is 1. The van der Waals surface area contributed by atoms with Crippen LogP contribution in [0.2, 0.25) is 0 Å². The summed E-state index contributed by atoms with van der Waals surface area (Å²) >= 11 is 0. The number of hydrogen-bond donors (Lipinski definition) is 0. The molecule has 7 nitrogen and oxygen atoms in total. The molecule has 1 aliphatic heterocycles. The van der Waals surface area contributed by atoms with Gasteiger partial charge in [0, 0.05) is 37.0 Å². The van der Waals surface area contributed by atoms with Crippen LogP contribution in [-0.2, 0) is 29.5 Å². The number of nitrogens with zero attached hydrogens (tertiary/aromatic N) is 3. The van der Waals surface area contributed by atoms with Gasteiger partial charge in [-0.25, -0.2) is 0 Å². The van der Waals surface area contributed by atoms with Crippen molar-refractivity contribution in [1.82, 2.24) is 14.7 Å². The Morgan fingerprint density at radius 1 is 1.06 bits per heavy atom. The summed E-state index contributed by atoms with van der Waals surface area (Å²) in [7, 11) is 4.95. The number of esters is 1. The van der Waals surface area contributed by atoms with E-state index in [1.54, 1.807) is 31.4 Å². The Morgan fingerprint density at radius 3 is 2.61 bits per heavy atom. The fourth-order valence-corrected chi connectivity index (χ4v) is 5.11. The quantitative estimate of drug-likeness (QED) is 0.378. The Hall–Kier alpha value is -4.13. The number of carbonyl (C=O) groups is 2. The van der Waals surface area contributed by atoms with Crippen molar-refractivity contribution in [3.63, 3.8) is 0 Å². The molecule has 0 saturated carbocycles. The topological polar surface area (TPSA) is 73.7 Å². The minimum absolute atomic E-state index is 0.00171. The van der Waals surface area contributed by atoms with Crippen LogP contribution in [0, 0.1) is 0 Å². The normalized spacial score (nSPS) is 13.8. The van der Waals surface area contributed by atoms with Gasteiger partial charge in [-0.3, -0.25) is 14.3 Å². The van der Waals surface area contributed by atoms with Crippen LogP contribution in [0.25, 0.3) is 10.9 Å². The standard InChI is InChI=1S/C29H29N3O4/c1-31-27-12-9-20(15-22(27)17-30-31)26(16-28(33)36-3)25-6-4-5-21-18-32(14-13-24(21)25)29(34)19-7-10-23(35-2)11-8-19/h4-12,15,17,26H,13-14,16,18H2,1-3H3. The summed E-state index contributed by atoms with van der Waals surface area (Å²) in [4.78, 5) is 27.5. The second-order valence-corrected chi connectivity index (χ2v) is 9.11. The number of rotatable bonds is 6. The van der Waals surface area contributed by atoms with Gasteiger partial charge in [0.05, 0.1) is 32.4 Å². The molecule has 1 amide bonds. The van der Waals surface area contributed by atoms with E-state index in [9.17, 15) is 9.59 Å². The highest BCUT2D eigenvalue weighted by Gasteiger charge is 2.28. The van der Waals surface area contributed by atoms with Crippen LogP contribution in [0.5, 0.6) is 5.75 Å². The third-order valence-electron chi connectivity index (χ3n) is 7.07. The van der Waals surface area contributed by atoms with Gasteiger partial charge in [-0.1, -0.05) is 24.3 Å². The lowest BCUT2D eigenvalue weighted by atomic mass is 9.82. The zero-order chi connectivity index (χ0) is 25.2. The highest BCUT2D eigenvalue weighted by atomic mass is 16.5. The fourth-order valence-electron chi connectivity index (χ4n) is 5.11. The van der Waals surface area contributed by atoms with Gasteiger partial charge in [-0.05, 0) is 65.1 Å². The molecule has 2 heterocycles. The molecular weight excluding hydrogens is 454 g/mol. The number of ether oxygens (including phenoxy) is 2. The smallest absolute Gasteiger partial charge is 0.306 e. The summed E-state index contributed by atoms with van der Waals surface area (Å²) in [6, 6.07) is 19.6. The van der Waals surface area contributed by atoms with Crippen molar-refractivity contribution < 1.29 is 19.1 Å². The first-order valence-electron chi connectivity index (χ1n) is 12.0. The summed E-state index contributed by atoms with van der Waals surface area (Å²) < 4.78 is 12.1. The number of carbonyl (C=O) groups excluding carboxylic acids is 2. The highest BCUT2D eigenvalue weighted by molar-refractivity contribution is 5.94. The third-order valence-corrected chi connectivity index (χ3v) is 7.07. The van der Waals surface area contributed by atoms with Gasteiger partial charge in [0.2, 0.25) is 0 Å². The molecular formula is C29H29N3O4. The zero-order valence-electron chi connectivity index (χ0n) is 20.7. The van der Waals surface area contributed by atoms with E-state index in [0.717, 1.165) is 39.8 Å². The molecule has 4 aromatic rings. The molecule has 0 bridgehead atoms. The molecule has 1 aromatic heterocycles. The van der Waals surface area contributed by atoms with Gasteiger partial charge in [0.15, 0.2) is 0 Å². The molecule has 0 saturated heterocycles. The predicted molar refractivity (Wildman–Crippen MR) is 137 cm³/mol. The van der Waals surface area contributed by atoms with Gasteiger partial charge in [0.1, 0.15) is 5.75 Å². The largest absolute Gasteiger partial charge is 0.497 e. The second-order valence-electron chi connectivity index (χ2n) is 9.11. The number of benzene rings is 3. The number of fused-ring (bicyclic) bond motifs is 2. The minimum atomic E-state index is -0.254. The number of methoxy groups -OCH3 is 2. The van der Waals surface area contributed by atoms with Crippen LogP contribution in [0.4, 0.5) is 0 Å². The summed E-state index contributed by atoms with van der Waals surface area (Å²) in [6.45, 7) is 1.14. The Kier molecular flexibility index (Phi) is 6.46. The lowest BCUT2D eigenvalue weighted by molar-refractivity contribution is -0.140. The lowest BCUT2D eigenvalue weighted by Crippen LogP contribution is -2.36. The molecule has 1 aliphatic rings. The zero-order valence-corrected chi connectivity index (χ0v) is 20.7. The second kappa shape index (κ2) is 9.85. The van der Waals surface area contributed by atoms with Crippen molar-refractivity contribution in [2.45, 2.75) is 25.3 Å². The summed E-state index contributed by atoms with van der Waals surface area (Å²) in [6.07, 6.45) is 2.81. The van der Waals surface area contributed by atoms with Crippen LogP contribution < -0.4 is 4.74 Å². The average molecular weight is 484 g/mol. The summed E-state index contributed by atoms with van der Waals surface area (Å²) in [5.74, 6) is 0.319. The van der Waals surface area contributed by atoms with Crippen LogP contribution in [-0.4, -0.2) is 47.3 Å². The van der Waals surface area contributed by atoms with E-state index in [4.69, 9.17) is 9.47 Å². The Bertz CT molecular complexity index is 1420. The Balaban J connectivity index is 1.47. The predicted octanol–water partition coefficient (Wildman–Crippen LogP) is 4.48. The van der Waals surface area contributed by atoms with Gasteiger partial charge in [-0.15, -0.1) is 0 Å². The van der Waals surface area contributed by atoms with E-state index >= 15 is 0 Å². The Labute approximate surface area is 210 Å².